The van der Waals surface area contributed by atoms with Crippen molar-refractivity contribution in [2.24, 2.45) is 0 Å². The van der Waals surface area contributed by atoms with Gasteiger partial charge in [-0.3, -0.25) is 0 Å². The van der Waals surface area contributed by atoms with Crippen molar-refractivity contribution >= 4 is 56.9 Å². The molecule has 0 unspecified atom stereocenters. The van der Waals surface area contributed by atoms with Gasteiger partial charge in [-0.1, -0.05) is 142 Å². The maximum absolute atomic E-state index is 4.28. The van der Waals surface area contributed by atoms with E-state index in [1.54, 1.807) is 0 Å². The molecule has 0 aliphatic rings. The molecule has 0 spiro atoms. The number of fused-ring (bicyclic) bond motifs is 4. The average Bonchev–Trinajstić information content (AvgIpc) is 3.41. The summed E-state index contributed by atoms with van der Waals surface area (Å²) in [5, 5.41) is 4.84. The van der Waals surface area contributed by atoms with Gasteiger partial charge in [0.05, 0.1) is 11.0 Å². The maximum atomic E-state index is 4.28. The van der Waals surface area contributed by atoms with E-state index in [0.29, 0.717) is 0 Å². The second-order valence-electron chi connectivity index (χ2n) is 10.7. The summed E-state index contributed by atoms with van der Waals surface area (Å²) in [6, 6.07) is 41.1. The minimum atomic E-state index is 1.05. The molecular formula is C42H31N. The van der Waals surface area contributed by atoms with Crippen molar-refractivity contribution in [3.63, 3.8) is 0 Å². The van der Waals surface area contributed by atoms with Gasteiger partial charge in [-0.15, -0.1) is 0 Å². The van der Waals surface area contributed by atoms with Crippen LogP contribution < -0.4 is 0 Å². The molecule has 0 aliphatic carbocycles. The van der Waals surface area contributed by atoms with E-state index in [1.165, 1.54) is 27.2 Å². The first-order chi connectivity index (χ1) is 21.2. The van der Waals surface area contributed by atoms with E-state index in [9.17, 15) is 0 Å². The first-order valence-electron chi connectivity index (χ1n) is 14.5. The van der Waals surface area contributed by atoms with E-state index in [0.717, 1.165) is 55.6 Å². The van der Waals surface area contributed by atoms with Gasteiger partial charge in [-0.05, 0) is 79.5 Å². The van der Waals surface area contributed by atoms with Crippen molar-refractivity contribution in [3.05, 3.63) is 164 Å². The molecule has 0 N–H and O–H groups in total. The standard InChI is InChI=1S/C42H31N/c1-5-28-16-15-21-36(31(28)6-2)42-33(8-4)32(7-3)41(37-19-9-10-20-38(37)42)29-24-26-30(27-25-29)43-39-22-13-11-17-34(39)35-18-12-14-23-40(35)43/h5-27H,1-4H2. The maximum Gasteiger partial charge on any atom is 0.0541 e. The van der Waals surface area contributed by atoms with Gasteiger partial charge in [-0.2, -0.15) is 0 Å². The SMILES string of the molecule is C=Cc1cccc(-c2c(C=C)c(C=C)c(-c3ccc(-n4c5ccccc5c5ccccc54)cc3)c3ccccc23)c1C=C. The smallest absolute Gasteiger partial charge is 0.0541 e. The van der Waals surface area contributed by atoms with E-state index in [1.807, 2.05) is 24.3 Å². The molecule has 7 rings (SSSR count). The topological polar surface area (TPSA) is 4.93 Å². The molecule has 0 saturated heterocycles. The molecule has 204 valence electrons. The fourth-order valence-electron chi connectivity index (χ4n) is 6.69. The first-order valence-corrected chi connectivity index (χ1v) is 14.5. The van der Waals surface area contributed by atoms with Crippen molar-refractivity contribution in [1.82, 2.24) is 4.57 Å². The molecule has 1 heteroatoms. The molecule has 0 radical (unpaired) electrons. The van der Waals surface area contributed by atoms with Gasteiger partial charge in [0.25, 0.3) is 0 Å². The summed E-state index contributed by atoms with van der Waals surface area (Å²) >= 11 is 0. The minimum absolute atomic E-state index is 1.05. The van der Waals surface area contributed by atoms with Crippen LogP contribution in [0.2, 0.25) is 0 Å². The fourth-order valence-corrected chi connectivity index (χ4v) is 6.69. The molecule has 0 amide bonds. The van der Waals surface area contributed by atoms with Crippen molar-refractivity contribution in [2.75, 3.05) is 0 Å². The Labute approximate surface area is 252 Å². The molecule has 43 heavy (non-hydrogen) atoms. The van der Waals surface area contributed by atoms with Crippen LogP contribution in [0.5, 0.6) is 0 Å². The second-order valence-corrected chi connectivity index (χ2v) is 10.7. The highest BCUT2D eigenvalue weighted by Crippen LogP contribution is 2.45. The van der Waals surface area contributed by atoms with Crippen LogP contribution in [0.15, 0.2) is 142 Å². The highest BCUT2D eigenvalue weighted by molar-refractivity contribution is 6.13. The van der Waals surface area contributed by atoms with E-state index < -0.39 is 0 Å². The lowest BCUT2D eigenvalue weighted by Crippen LogP contribution is -1.98. The summed E-state index contributed by atoms with van der Waals surface area (Å²) in [4.78, 5) is 0. The molecule has 6 aromatic carbocycles. The molecular weight excluding hydrogens is 518 g/mol. The van der Waals surface area contributed by atoms with Crippen molar-refractivity contribution in [1.29, 1.82) is 0 Å². The molecule has 1 nitrogen and oxygen atoms in total. The van der Waals surface area contributed by atoms with Crippen LogP contribution in [-0.2, 0) is 0 Å². The molecule has 0 saturated carbocycles. The number of hydrogen-bond donors (Lipinski definition) is 0. The Balaban J connectivity index is 1.49. The monoisotopic (exact) mass is 549 g/mol. The van der Waals surface area contributed by atoms with Gasteiger partial charge in [0, 0.05) is 16.5 Å². The van der Waals surface area contributed by atoms with Gasteiger partial charge in [0.15, 0.2) is 0 Å². The Morgan fingerprint density at radius 2 is 0.930 bits per heavy atom. The van der Waals surface area contributed by atoms with Crippen molar-refractivity contribution in [3.8, 4) is 27.9 Å². The molecule has 0 fully saturated rings. The van der Waals surface area contributed by atoms with Crippen LogP contribution in [-0.4, -0.2) is 4.57 Å². The number of nitrogens with zero attached hydrogens (tertiary/aromatic N) is 1. The number of rotatable bonds is 7. The van der Waals surface area contributed by atoms with Crippen LogP contribution in [0.25, 0.3) is 84.8 Å². The molecule has 7 aromatic rings. The molecule has 1 heterocycles. The largest absolute Gasteiger partial charge is 0.309 e. The normalized spacial score (nSPS) is 11.2. The first kappa shape index (κ1) is 26.3. The van der Waals surface area contributed by atoms with Crippen molar-refractivity contribution in [2.45, 2.75) is 0 Å². The van der Waals surface area contributed by atoms with Crippen LogP contribution in [0, 0.1) is 0 Å². The molecule has 0 atom stereocenters. The third-order valence-electron chi connectivity index (χ3n) is 8.53. The summed E-state index contributed by atoms with van der Waals surface area (Å²) in [7, 11) is 0. The zero-order valence-corrected chi connectivity index (χ0v) is 24.1. The minimum Gasteiger partial charge on any atom is -0.309 e. The molecule has 0 aliphatic heterocycles. The predicted molar refractivity (Wildman–Crippen MR) is 190 cm³/mol. The van der Waals surface area contributed by atoms with E-state index in [4.69, 9.17) is 0 Å². The summed E-state index contributed by atoms with van der Waals surface area (Å²) in [6.07, 6.45) is 7.73. The van der Waals surface area contributed by atoms with Gasteiger partial charge < -0.3 is 4.57 Å². The van der Waals surface area contributed by atoms with Gasteiger partial charge >= 0.3 is 0 Å². The quantitative estimate of drug-likeness (QED) is 0.186. The summed E-state index contributed by atoms with van der Waals surface area (Å²) < 4.78 is 2.35. The third-order valence-corrected chi connectivity index (χ3v) is 8.53. The van der Waals surface area contributed by atoms with Crippen LogP contribution in [0.4, 0.5) is 0 Å². The predicted octanol–water partition coefficient (Wildman–Crippen LogP) is 11.8. The highest BCUT2D eigenvalue weighted by Gasteiger charge is 2.21. The Morgan fingerprint density at radius 3 is 1.49 bits per heavy atom. The lowest BCUT2D eigenvalue weighted by molar-refractivity contribution is 1.18. The Morgan fingerprint density at radius 1 is 0.419 bits per heavy atom. The number of para-hydroxylation sites is 2. The average molecular weight is 550 g/mol. The summed E-state index contributed by atoms with van der Waals surface area (Å²) in [5.41, 5.74) is 12.3. The fraction of sp³-hybridized carbons (Fsp3) is 0. The zero-order chi connectivity index (χ0) is 29.5. The van der Waals surface area contributed by atoms with Gasteiger partial charge in [0.2, 0.25) is 0 Å². The van der Waals surface area contributed by atoms with E-state index in [-0.39, 0.29) is 0 Å². The van der Waals surface area contributed by atoms with E-state index in [2.05, 4.69) is 146 Å². The summed E-state index contributed by atoms with van der Waals surface area (Å²) in [5.74, 6) is 0. The number of hydrogen-bond acceptors (Lipinski definition) is 0. The highest BCUT2D eigenvalue weighted by atomic mass is 15.0. The van der Waals surface area contributed by atoms with Gasteiger partial charge in [-0.25, -0.2) is 0 Å². The molecule has 0 bridgehead atoms. The zero-order valence-electron chi connectivity index (χ0n) is 24.1. The Hall–Kier alpha value is -5.66. The van der Waals surface area contributed by atoms with Crippen molar-refractivity contribution < 1.29 is 0 Å². The number of aromatic nitrogens is 1. The lowest BCUT2D eigenvalue weighted by atomic mass is 9.82. The van der Waals surface area contributed by atoms with E-state index >= 15 is 0 Å². The second kappa shape index (κ2) is 10.6. The van der Waals surface area contributed by atoms with Crippen LogP contribution in [0.1, 0.15) is 22.3 Å². The molecule has 1 aromatic heterocycles. The Kier molecular flexibility index (Phi) is 6.49. The van der Waals surface area contributed by atoms with Crippen LogP contribution >= 0.6 is 0 Å². The van der Waals surface area contributed by atoms with Gasteiger partial charge in [0.1, 0.15) is 0 Å². The van der Waals surface area contributed by atoms with Crippen LogP contribution in [0.3, 0.4) is 0 Å². The summed E-state index contributed by atoms with van der Waals surface area (Å²) in [6.45, 7) is 16.7. The lowest BCUT2D eigenvalue weighted by Gasteiger charge is -2.22. The number of benzene rings is 6. The third kappa shape index (κ3) is 4.01. The Bertz CT molecular complexity index is 2190.